The van der Waals surface area contributed by atoms with Crippen LogP contribution in [-0.2, 0) is 11.2 Å². The van der Waals surface area contributed by atoms with Crippen LogP contribution in [0.3, 0.4) is 0 Å². The maximum Gasteiger partial charge on any atom is 0.227 e. The van der Waals surface area contributed by atoms with Crippen molar-refractivity contribution in [3.8, 4) is 0 Å². The van der Waals surface area contributed by atoms with Gasteiger partial charge in [-0.2, -0.15) is 0 Å². The number of hydrogen-bond donors (Lipinski definition) is 0. The van der Waals surface area contributed by atoms with Crippen molar-refractivity contribution >= 4 is 11.6 Å². The minimum Gasteiger partial charge on any atom is -0.368 e. The van der Waals surface area contributed by atoms with Gasteiger partial charge in [-0.1, -0.05) is 56.3 Å². The molecule has 3 rings (SSSR count). The molecule has 2 aromatic rings. The first-order chi connectivity index (χ1) is 12.1. The standard InChI is InChI=1S/C22H28N2O/c1-17(2)20-10-6-7-11-21(20)23-12-14-24(15-13-23)22(25)16-19-9-5-4-8-18(19)3/h4-11,17H,12-16H2,1-3H3. The fourth-order valence-electron chi connectivity index (χ4n) is 3.54. The van der Waals surface area contributed by atoms with Crippen LogP contribution in [0.15, 0.2) is 48.5 Å². The predicted molar refractivity (Wildman–Crippen MR) is 104 cm³/mol. The van der Waals surface area contributed by atoms with Crippen LogP contribution < -0.4 is 4.90 Å². The normalized spacial score (nSPS) is 14.9. The molecule has 0 spiro atoms. The molecule has 132 valence electrons. The summed E-state index contributed by atoms with van der Waals surface area (Å²) in [7, 11) is 0. The molecule has 0 atom stereocenters. The van der Waals surface area contributed by atoms with Gasteiger partial charge in [-0.3, -0.25) is 4.79 Å². The van der Waals surface area contributed by atoms with Gasteiger partial charge in [-0.05, 0) is 35.6 Å². The Labute approximate surface area is 151 Å². The molecule has 1 heterocycles. The first-order valence-corrected chi connectivity index (χ1v) is 9.22. The first kappa shape index (κ1) is 17.5. The number of rotatable bonds is 4. The topological polar surface area (TPSA) is 23.6 Å². The van der Waals surface area contributed by atoms with Gasteiger partial charge >= 0.3 is 0 Å². The lowest BCUT2D eigenvalue weighted by molar-refractivity contribution is -0.130. The average molecular weight is 336 g/mol. The van der Waals surface area contributed by atoms with Crippen LogP contribution in [-0.4, -0.2) is 37.0 Å². The molecule has 1 aliphatic rings. The van der Waals surface area contributed by atoms with Crippen molar-refractivity contribution in [2.75, 3.05) is 31.1 Å². The number of nitrogens with zero attached hydrogens (tertiary/aromatic N) is 2. The van der Waals surface area contributed by atoms with Crippen molar-refractivity contribution in [2.24, 2.45) is 0 Å². The van der Waals surface area contributed by atoms with Gasteiger partial charge in [0.15, 0.2) is 0 Å². The Kier molecular flexibility index (Phi) is 5.42. The van der Waals surface area contributed by atoms with Crippen molar-refractivity contribution in [1.82, 2.24) is 4.90 Å². The summed E-state index contributed by atoms with van der Waals surface area (Å²) in [6.07, 6.45) is 0.509. The summed E-state index contributed by atoms with van der Waals surface area (Å²) >= 11 is 0. The van der Waals surface area contributed by atoms with Crippen molar-refractivity contribution in [2.45, 2.75) is 33.1 Å². The van der Waals surface area contributed by atoms with E-state index < -0.39 is 0 Å². The quantitative estimate of drug-likeness (QED) is 0.842. The molecule has 0 saturated carbocycles. The van der Waals surface area contributed by atoms with Gasteiger partial charge in [-0.15, -0.1) is 0 Å². The predicted octanol–water partition coefficient (Wildman–Crippen LogP) is 4.01. The van der Waals surface area contributed by atoms with E-state index in [0.29, 0.717) is 12.3 Å². The number of hydrogen-bond acceptors (Lipinski definition) is 2. The molecule has 3 nitrogen and oxygen atoms in total. The fraction of sp³-hybridized carbons (Fsp3) is 0.409. The van der Waals surface area contributed by atoms with E-state index >= 15 is 0 Å². The molecule has 1 saturated heterocycles. The summed E-state index contributed by atoms with van der Waals surface area (Å²) < 4.78 is 0. The highest BCUT2D eigenvalue weighted by Gasteiger charge is 2.23. The van der Waals surface area contributed by atoms with Crippen LogP contribution in [0.1, 0.15) is 36.5 Å². The highest BCUT2D eigenvalue weighted by molar-refractivity contribution is 5.79. The Balaban J connectivity index is 1.62. The van der Waals surface area contributed by atoms with E-state index in [-0.39, 0.29) is 5.91 Å². The van der Waals surface area contributed by atoms with Gasteiger partial charge in [0, 0.05) is 31.9 Å². The summed E-state index contributed by atoms with van der Waals surface area (Å²) in [5.41, 5.74) is 5.05. The molecule has 3 heteroatoms. The lowest BCUT2D eigenvalue weighted by Crippen LogP contribution is -2.49. The largest absolute Gasteiger partial charge is 0.368 e. The van der Waals surface area contributed by atoms with Gasteiger partial charge < -0.3 is 9.80 Å². The van der Waals surface area contributed by atoms with Crippen LogP contribution in [0.5, 0.6) is 0 Å². The number of aryl methyl sites for hydroxylation is 1. The van der Waals surface area contributed by atoms with E-state index in [4.69, 9.17) is 0 Å². The highest BCUT2D eigenvalue weighted by Crippen LogP contribution is 2.28. The van der Waals surface area contributed by atoms with Crippen LogP contribution >= 0.6 is 0 Å². The number of carbonyl (C=O) groups is 1. The van der Waals surface area contributed by atoms with Gasteiger partial charge in [0.1, 0.15) is 0 Å². The second-order valence-electron chi connectivity index (χ2n) is 7.18. The summed E-state index contributed by atoms with van der Waals surface area (Å²) in [6.45, 7) is 9.96. The summed E-state index contributed by atoms with van der Waals surface area (Å²) in [5, 5.41) is 0. The lowest BCUT2D eigenvalue weighted by Gasteiger charge is -2.37. The SMILES string of the molecule is Cc1ccccc1CC(=O)N1CCN(c2ccccc2C(C)C)CC1. The molecule has 0 unspecified atom stereocenters. The number of benzene rings is 2. The molecule has 0 aliphatic carbocycles. The average Bonchev–Trinajstić information content (AvgIpc) is 2.63. The van der Waals surface area contributed by atoms with Crippen molar-refractivity contribution in [3.63, 3.8) is 0 Å². The molecular formula is C22H28N2O. The zero-order valence-electron chi connectivity index (χ0n) is 15.5. The van der Waals surface area contributed by atoms with Gasteiger partial charge in [0.25, 0.3) is 0 Å². The van der Waals surface area contributed by atoms with Gasteiger partial charge in [-0.25, -0.2) is 0 Å². The van der Waals surface area contributed by atoms with Gasteiger partial charge in [0.2, 0.25) is 5.91 Å². The molecule has 0 aromatic heterocycles. The van der Waals surface area contributed by atoms with E-state index in [2.05, 4.69) is 62.1 Å². The molecule has 1 aliphatic heterocycles. The molecule has 25 heavy (non-hydrogen) atoms. The molecule has 0 radical (unpaired) electrons. The smallest absolute Gasteiger partial charge is 0.227 e. The summed E-state index contributed by atoms with van der Waals surface area (Å²) in [6, 6.07) is 16.8. The second-order valence-corrected chi connectivity index (χ2v) is 7.18. The Morgan fingerprint density at radius 1 is 0.960 bits per heavy atom. The van der Waals surface area contributed by atoms with E-state index in [9.17, 15) is 4.79 Å². The zero-order chi connectivity index (χ0) is 17.8. The molecule has 2 aromatic carbocycles. The number of para-hydroxylation sites is 1. The molecule has 0 N–H and O–H groups in total. The van der Waals surface area contributed by atoms with Crippen LogP contribution in [0.4, 0.5) is 5.69 Å². The number of piperazine rings is 1. The Morgan fingerprint density at radius 2 is 1.60 bits per heavy atom. The van der Waals surface area contributed by atoms with Crippen LogP contribution in [0.25, 0.3) is 0 Å². The molecule has 1 fully saturated rings. The number of carbonyl (C=O) groups excluding carboxylic acids is 1. The number of amides is 1. The summed E-state index contributed by atoms with van der Waals surface area (Å²) in [4.78, 5) is 17.1. The Bertz CT molecular complexity index is 730. The third kappa shape index (κ3) is 4.04. The first-order valence-electron chi connectivity index (χ1n) is 9.22. The fourth-order valence-corrected chi connectivity index (χ4v) is 3.54. The van der Waals surface area contributed by atoms with E-state index in [1.807, 2.05) is 17.0 Å². The van der Waals surface area contributed by atoms with Crippen molar-refractivity contribution < 1.29 is 4.79 Å². The van der Waals surface area contributed by atoms with E-state index in [0.717, 1.165) is 31.7 Å². The maximum atomic E-state index is 12.6. The lowest BCUT2D eigenvalue weighted by atomic mass is 10.00. The van der Waals surface area contributed by atoms with E-state index in [1.165, 1.54) is 16.8 Å². The minimum absolute atomic E-state index is 0.242. The Morgan fingerprint density at radius 3 is 2.28 bits per heavy atom. The summed E-state index contributed by atoms with van der Waals surface area (Å²) in [5.74, 6) is 0.753. The highest BCUT2D eigenvalue weighted by atomic mass is 16.2. The van der Waals surface area contributed by atoms with Gasteiger partial charge in [0.05, 0.1) is 6.42 Å². The van der Waals surface area contributed by atoms with Crippen molar-refractivity contribution in [1.29, 1.82) is 0 Å². The van der Waals surface area contributed by atoms with Crippen molar-refractivity contribution in [3.05, 3.63) is 65.2 Å². The third-order valence-corrected chi connectivity index (χ3v) is 5.13. The third-order valence-electron chi connectivity index (χ3n) is 5.13. The maximum absolute atomic E-state index is 12.6. The van der Waals surface area contributed by atoms with E-state index in [1.54, 1.807) is 0 Å². The Hall–Kier alpha value is -2.29. The molecule has 1 amide bonds. The number of anilines is 1. The monoisotopic (exact) mass is 336 g/mol. The van der Waals surface area contributed by atoms with Crippen LogP contribution in [0.2, 0.25) is 0 Å². The van der Waals surface area contributed by atoms with Crippen LogP contribution in [0, 0.1) is 6.92 Å². The second kappa shape index (κ2) is 7.73. The molecule has 0 bridgehead atoms. The zero-order valence-corrected chi connectivity index (χ0v) is 15.5. The molecular weight excluding hydrogens is 308 g/mol. The minimum atomic E-state index is 0.242.